The maximum atomic E-state index is 12.7. The summed E-state index contributed by atoms with van der Waals surface area (Å²) >= 11 is 0. The molecule has 0 aromatic heterocycles. The molecule has 1 heterocycles. The Morgan fingerprint density at radius 2 is 1.95 bits per heavy atom. The molecule has 0 spiro atoms. The van der Waals surface area contributed by atoms with Crippen molar-refractivity contribution >= 4 is 11.6 Å². The van der Waals surface area contributed by atoms with Gasteiger partial charge >= 0.3 is 0 Å². The lowest BCUT2D eigenvalue weighted by Gasteiger charge is -2.44. The summed E-state index contributed by atoms with van der Waals surface area (Å²) in [5.74, 6) is 0.703. The lowest BCUT2D eigenvalue weighted by molar-refractivity contribution is 0.0390. The Kier molecular flexibility index (Phi) is 3.55. The second-order valence-electron chi connectivity index (χ2n) is 6.03. The van der Waals surface area contributed by atoms with E-state index < -0.39 is 0 Å². The van der Waals surface area contributed by atoms with Crippen molar-refractivity contribution in [3.63, 3.8) is 0 Å². The van der Waals surface area contributed by atoms with Crippen molar-refractivity contribution in [3.8, 4) is 5.75 Å². The van der Waals surface area contributed by atoms with Crippen LogP contribution < -0.4 is 5.73 Å². The van der Waals surface area contributed by atoms with Gasteiger partial charge in [-0.15, -0.1) is 0 Å². The van der Waals surface area contributed by atoms with Crippen LogP contribution in [0, 0.1) is 5.92 Å². The number of phenols is 1. The van der Waals surface area contributed by atoms with E-state index in [9.17, 15) is 9.90 Å². The number of carbonyl (C=O) groups excluding carboxylic acids is 1. The molecule has 1 aliphatic heterocycles. The van der Waals surface area contributed by atoms with E-state index in [0.717, 1.165) is 19.4 Å². The minimum atomic E-state index is -0.00643. The average molecular weight is 274 g/mol. The van der Waals surface area contributed by atoms with E-state index in [2.05, 4.69) is 0 Å². The van der Waals surface area contributed by atoms with Gasteiger partial charge in [-0.25, -0.2) is 0 Å². The number of hydrogen-bond donors (Lipinski definition) is 2. The number of rotatable bonds is 1. The number of benzene rings is 1. The first-order valence-corrected chi connectivity index (χ1v) is 7.56. The molecule has 1 aromatic rings. The molecule has 1 amide bonds. The lowest BCUT2D eigenvalue weighted by Crippen LogP contribution is -2.49. The number of fused-ring (bicyclic) bond motifs is 1. The van der Waals surface area contributed by atoms with Crippen LogP contribution in [0.3, 0.4) is 0 Å². The van der Waals surface area contributed by atoms with Crippen molar-refractivity contribution in [1.29, 1.82) is 0 Å². The lowest BCUT2D eigenvalue weighted by atomic mass is 9.78. The predicted octanol–water partition coefficient (Wildman–Crippen LogP) is 2.77. The fraction of sp³-hybridized carbons (Fsp3) is 0.562. The minimum absolute atomic E-state index is 0.00643. The summed E-state index contributed by atoms with van der Waals surface area (Å²) < 4.78 is 0. The molecule has 1 saturated heterocycles. The van der Waals surface area contributed by atoms with Crippen LogP contribution in [0.4, 0.5) is 5.69 Å². The van der Waals surface area contributed by atoms with Crippen molar-refractivity contribution < 1.29 is 9.90 Å². The van der Waals surface area contributed by atoms with Crippen molar-refractivity contribution in [2.75, 3.05) is 12.3 Å². The van der Waals surface area contributed by atoms with Gasteiger partial charge in [0.25, 0.3) is 5.91 Å². The molecule has 2 atom stereocenters. The van der Waals surface area contributed by atoms with Gasteiger partial charge in [0, 0.05) is 18.2 Å². The van der Waals surface area contributed by atoms with E-state index in [-0.39, 0.29) is 11.7 Å². The van der Waals surface area contributed by atoms with Gasteiger partial charge in [-0.1, -0.05) is 12.8 Å². The highest BCUT2D eigenvalue weighted by atomic mass is 16.3. The highest BCUT2D eigenvalue weighted by Crippen LogP contribution is 2.36. The van der Waals surface area contributed by atoms with E-state index in [1.807, 2.05) is 4.90 Å². The van der Waals surface area contributed by atoms with Gasteiger partial charge in [-0.3, -0.25) is 4.79 Å². The summed E-state index contributed by atoms with van der Waals surface area (Å²) in [7, 11) is 0. The maximum Gasteiger partial charge on any atom is 0.254 e. The zero-order valence-corrected chi connectivity index (χ0v) is 11.7. The Balaban J connectivity index is 1.83. The summed E-state index contributed by atoms with van der Waals surface area (Å²) in [6.07, 6.45) is 7.23. The van der Waals surface area contributed by atoms with Crippen molar-refractivity contribution in [3.05, 3.63) is 23.8 Å². The molecular weight excluding hydrogens is 252 g/mol. The van der Waals surface area contributed by atoms with Gasteiger partial charge in [-0.2, -0.15) is 0 Å². The zero-order chi connectivity index (χ0) is 14.1. The quantitative estimate of drug-likeness (QED) is 0.611. The Hall–Kier alpha value is -1.71. The Labute approximate surface area is 119 Å². The smallest absolute Gasteiger partial charge is 0.254 e. The third-order valence-electron chi connectivity index (χ3n) is 4.78. The van der Waals surface area contributed by atoms with Crippen LogP contribution in [0.15, 0.2) is 18.2 Å². The molecule has 1 aliphatic carbocycles. The predicted molar refractivity (Wildman–Crippen MR) is 78.5 cm³/mol. The van der Waals surface area contributed by atoms with Crippen molar-refractivity contribution in [2.45, 2.75) is 44.6 Å². The van der Waals surface area contributed by atoms with Crippen LogP contribution in [-0.4, -0.2) is 28.5 Å². The summed E-state index contributed by atoms with van der Waals surface area (Å²) in [4.78, 5) is 14.7. The molecule has 3 N–H and O–H groups in total. The van der Waals surface area contributed by atoms with Crippen LogP contribution in [0.5, 0.6) is 5.75 Å². The normalized spacial score (nSPS) is 26.1. The summed E-state index contributed by atoms with van der Waals surface area (Å²) in [5, 5.41) is 9.68. The number of amides is 1. The molecule has 4 heteroatoms. The monoisotopic (exact) mass is 274 g/mol. The average Bonchev–Trinajstić information content (AvgIpc) is 2.49. The molecule has 108 valence electrons. The number of hydrogen-bond acceptors (Lipinski definition) is 3. The van der Waals surface area contributed by atoms with Crippen molar-refractivity contribution in [1.82, 2.24) is 4.90 Å². The second kappa shape index (κ2) is 5.35. The molecular formula is C16H22N2O2. The third-order valence-corrected chi connectivity index (χ3v) is 4.78. The van der Waals surface area contributed by atoms with Gasteiger partial charge in [-0.05, 0) is 49.8 Å². The summed E-state index contributed by atoms with van der Waals surface area (Å²) in [6.45, 7) is 0.838. The molecule has 20 heavy (non-hydrogen) atoms. The Morgan fingerprint density at radius 1 is 1.20 bits per heavy atom. The summed E-state index contributed by atoms with van der Waals surface area (Å²) in [6, 6.07) is 5.20. The van der Waals surface area contributed by atoms with E-state index in [1.165, 1.54) is 31.7 Å². The maximum absolute atomic E-state index is 12.7. The third kappa shape index (κ3) is 2.35. The van der Waals surface area contributed by atoms with E-state index in [0.29, 0.717) is 23.2 Å². The molecule has 1 saturated carbocycles. The number of nitrogens with two attached hydrogens (primary N) is 1. The standard InChI is InChI=1S/C16H22N2O2/c17-13-8-7-12(10-15(13)19)16(20)18-9-3-5-11-4-1-2-6-14(11)18/h7-8,10-11,14,19H,1-6,9,17H2/t11-,14-/m1/s1. The van der Waals surface area contributed by atoms with Crippen LogP contribution in [0.2, 0.25) is 0 Å². The first-order chi connectivity index (χ1) is 9.66. The minimum Gasteiger partial charge on any atom is -0.506 e. The van der Waals surface area contributed by atoms with Gasteiger partial charge < -0.3 is 15.7 Å². The molecule has 0 bridgehead atoms. The fourth-order valence-corrected chi connectivity index (χ4v) is 3.72. The Bertz CT molecular complexity index is 513. The fourth-order valence-electron chi connectivity index (χ4n) is 3.72. The van der Waals surface area contributed by atoms with Gasteiger partial charge in [0.2, 0.25) is 0 Å². The number of piperidine rings is 1. The number of anilines is 1. The first-order valence-electron chi connectivity index (χ1n) is 7.56. The molecule has 2 fully saturated rings. The number of carbonyl (C=O) groups is 1. The molecule has 2 aliphatic rings. The molecule has 0 radical (unpaired) electrons. The summed E-state index contributed by atoms with van der Waals surface area (Å²) in [5.41, 5.74) is 6.46. The van der Waals surface area contributed by atoms with Gasteiger partial charge in [0.05, 0.1) is 5.69 Å². The molecule has 3 rings (SSSR count). The highest BCUT2D eigenvalue weighted by Gasteiger charge is 2.35. The van der Waals surface area contributed by atoms with Crippen LogP contribution in [0.25, 0.3) is 0 Å². The first kappa shape index (κ1) is 13.3. The molecule has 0 unspecified atom stereocenters. The van der Waals surface area contributed by atoms with Gasteiger partial charge in [0.15, 0.2) is 0 Å². The second-order valence-corrected chi connectivity index (χ2v) is 6.03. The van der Waals surface area contributed by atoms with Crippen LogP contribution >= 0.6 is 0 Å². The van der Waals surface area contributed by atoms with Crippen LogP contribution in [-0.2, 0) is 0 Å². The number of likely N-dealkylation sites (tertiary alicyclic amines) is 1. The highest BCUT2D eigenvalue weighted by molar-refractivity contribution is 5.95. The van der Waals surface area contributed by atoms with Crippen molar-refractivity contribution in [2.24, 2.45) is 5.92 Å². The van der Waals surface area contributed by atoms with E-state index >= 15 is 0 Å². The number of nitrogens with zero attached hydrogens (tertiary/aromatic N) is 1. The van der Waals surface area contributed by atoms with E-state index in [1.54, 1.807) is 12.1 Å². The number of phenolic OH excluding ortho intramolecular Hbond substituents is 1. The molecule has 4 nitrogen and oxygen atoms in total. The zero-order valence-electron chi connectivity index (χ0n) is 11.7. The SMILES string of the molecule is Nc1ccc(C(=O)N2CCC[C@H]3CCCC[C@H]32)cc1O. The molecule has 1 aromatic carbocycles. The Morgan fingerprint density at radius 3 is 2.75 bits per heavy atom. The largest absolute Gasteiger partial charge is 0.506 e. The van der Waals surface area contributed by atoms with Crippen LogP contribution in [0.1, 0.15) is 48.9 Å². The van der Waals surface area contributed by atoms with E-state index in [4.69, 9.17) is 5.73 Å². The number of aromatic hydroxyl groups is 1. The number of nitrogen functional groups attached to an aromatic ring is 1. The topological polar surface area (TPSA) is 66.6 Å². The van der Waals surface area contributed by atoms with Gasteiger partial charge in [0.1, 0.15) is 5.75 Å².